The molecule has 1 amide bonds. The zero-order valence-electron chi connectivity index (χ0n) is 14.6. The van der Waals surface area contributed by atoms with Crippen molar-refractivity contribution in [2.24, 2.45) is 5.92 Å². The molecule has 4 nitrogen and oxygen atoms in total. The molecule has 2 atom stereocenters. The first-order chi connectivity index (χ1) is 12.2. The molecule has 2 aliphatic rings. The van der Waals surface area contributed by atoms with Gasteiger partial charge in [-0.2, -0.15) is 0 Å². The average Bonchev–Trinajstić information content (AvgIpc) is 3.28. The maximum absolute atomic E-state index is 12.5. The Hall–Kier alpha value is -2.49. The first-order valence-electron chi connectivity index (χ1n) is 9.04. The normalized spacial score (nSPS) is 21.9. The number of hydrogen-bond donors (Lipinski definition) is 1. The minimum Gasteiger partial charge on any atom is -0.497 e. The number of rotatable bonds is 5. The third-order valence-corrected chi connectivity index (χ3v) is 5.28. The van der Waals surface area contributed by atoms with Gasteiger partial charge in [0, 0.05) is 30.4 Å². The van der Waals surface area contributed by atoms with Crippen LogP contribution in [0.1, 0.15) is 30.7 Å². The van der Waals surface area contributed by atoms with E-state index in [2.05, 4.69) is 34.5 Å². The van der Waals surface area contributed by atoms with E-state index < -0.39 is 0 Å². The molecule has 2 aromatic carbocycles. The molecule has 1 aliphatic carbocycles. The van der Waals surface area contributed by atoms with Crippen molar-refractivity contribution < 1.29 is 9.53 Å². The number of carbonyl (C=O) groups is 1. The number of nitrogens with zero attached hydrogens (tertiary/aromatic N) is 1. The highest BCUT2D eigenvalue weighted by molar-refractivity contribution is 5.95. The second kappa shape index (κ2) is 6.79. The lowest BCUT2D eigenvalue weighted by molar-refractivity contribution is -0.117. The van der Waals surface area contributed by atoms with Crippen LogP contribution < -0.4 is 15.0 Å². The molecule has 0 aromatic heterocycles. The van der Waals surface area contributed by atoms with Gasteiger partial charge in [-0.1, -0.05) is 12.1 Å². The summed E-state index contributed by atoms with van der Waals surface area (Å²) in [6, 6.07) is 16.3. The summed E-state index contributed by atoms with van der Waals surface area (Å²) in [5, 5.41) is 3.06. The van der Waals surface area contributed by atoms with Crippen LogP contribution in [0.25, 0.3) is 0 Å². The molecule has 1 aliphatic heterocycles. The summed E-state index contributed by atoms with van der Waals surface area (Å²) >= 11 is 0. The number of nitrogens with one attached hydrogen (secondary N) is 1. The average molecular weight is 336 g/mol. The van der Waals surface area contributed by atoms with E-state index in [1.807, 2.05) is 24.3 Å². The molecule has 2 unspecified atom stereocenters. The van der Waals surface area contributed by atoms with E-state index in [-0.39, 0.29) is 11.8 Å². The Kier molecular flexibility index (Phi) is 4.35. The Balaban J connectivity index is 1.34. The van der Waals surface area contributed by atoms with Gasteiger partial charge in [0.15, 0.2) is 0 Å². The highest BCUT2D eigenvalue weighted by Crippen LogP contribution is 2.48. The van der Waals surface area contributed by atoms with Crippen LogP contribution in [0.3, 0.4) is 0 Å². The van der Waals surface area contributed by atoms with Crippen molar-refractivity contribution in [3.05, 3.63) is 54.1 Å². The quantitative estimate of drug-likeness (QED) is 0.896. The number of ether oxygens (including phenoxy) is 1. The van der Waals surface area contributed by atoms with Crippen LogP contribution in [-0.2, 0) is 4.79 Å². The summed E-state index contributed by atoms with van der Waals surface area (Å²) in [4.78, 5) is 14.9. The largest absolute Gasteiger partial charge is 0.497 e. The molecule has 1 heterocycles. The van der Waals surface area contributed by atoms with Crippen LogP contribution in [-0.4, -0.2) is 26.1 Å². The molecule has 25 heavy (non-hydrogen) atoms. The fourth-order valence-corrected chi connectivity index (χ4v) is 3.67. The Bertz CT molecular complexity index is 733. The van der Waals surface area contributed by atoms with E-state index in [9.17, 15) is 4.79 Å². The first-order valence-corrected chi connectivity index (χ1v) is 9.04. The lowest BCUT2D eigenvalue weighted by Gasteiger charge is -2.17. The van der Waals surface area contributed by atoms with Crippen LogP contribution in [0.2, 0.25) is 0 Å². The molecule has 0 spiro atoms. The van der Waals surface area contributed by atoms with E-state index in [0.29, 0.717) is 5.92 Å². The minimum absolute atomic E-state index is 0.0756. The Labute approximate surface area is 148 Å². The summed E-state index contributed by atoms with van der Waals surface area (Å²) in [6.07, 6.45) is 3.46. The van der Waals surface area contributed by atoms with Gasteiger partial charge in [-0.15, -0.1) is 0 Å². The summed E-state index contributed by atoms with van der Waals surface area (Å²) < 4.78 is 5.19. The Morgan fingerprint density at radius 2 is 1.72 bits per heavy atom. The van der Waals surface area contributed by atoms with Gasteiger partial charge in [0.1, 0.15) is 5.75 Å². The van der Waals surface area contributed by atoms with Gasteiger partial charge in [0.2, 0.25) is 5.91 Å². The van der Waals surface area contributed by atoms with Crippen molar-refractivity contribution >= 4 is 17.3 Å². The van der Waals surface area contributed by atoms with Crippen LogP contribution in [0.5, 0.6) is 5.75 Å². The molecular formula is C21H24N2O2. The number of carbonyl (C=O) groups excluding carboxylic acids is 1. The molecule has 2 aromatic rings. The Morgan fingerprint density at radius 3 is 2.36 bits per heavy atom. The van der Waals surface area contributed by atoms with Gasteiger partial charge in [-0.25, -0.2) is 0 Å². The summed E-state index contributed by atoms with van der Waals surface area (Å²) in [5.41, 5.74) is 3.34. The zero-order valence-corrected chi connectivity index (χ0v) is 14.6. The minimum atomic E-state index is 0.0756. The second-order valence-corrected chi connectivity index (χ2v) is 6.95. The topological polar surface area (TPSA) is 41.6 Å². The number of amides is 1. The highest BCUT2D eigenvalue weighted by atomic mass is 16.5. The zero-order chi connectivity index (χ0) is 17.2. The van der Waals surface area contributed by atoms with E-state index in [1.165, 1.54) is 24.1 Å². The summed E-state index contributed by atoms with van der Waals surface area (Å²) in [7, 11) is 1.66. The standard InChI is InChI=1S/C21H24N2O2/c1-25-18-10-4-15(5-11-18)19-14-20(19)21(24)22-16-6-8-17(9-7-16)23-12-2-3-13-23/h4-11,19-20H,2-3,12-14H2,1H3,(H,22,24). The SMILES string of the molecule is COc1ccc(C2CC2C(=O)Nc2ccc(N3CCCC3)cc2)cc1. The predicted octanol–water partition coefficient (Wildman–Crippen LogP) is 4.04. The van der Waals surface area contributed by atoms with Gasteiger partial charge < -0.3 is 15.0 Å². The van der Waals surface area contributed by atoms with Crippen molar-refractivity contribution in [3.63, 3.8) is 0 Å². The monoisotopic (exact) mass is 336 g/mol. The molecule has 4 rings (SSSR count). The molecule has 130 valence electrons. The fourth-order valence-electron chi connectivity index (χ4n) is 3.67. The smallest absolute Gasteiger partial charge is 0.228 e. The highest BCUT2D eigenvalue weighted by Gasteiger charge is 2.43. The van der Waals surface area contributed by atoms with Gasteiger partial charge in [-0.3, -0.25) is 4.79 Å². The van der Waals surface area contributed by atoms with Crippen LogP contribution in [0, 0.1) is 5.92 Å². The van der Waals surface area contributed by atoms with E-state index in [0.717, 1.165) is 30.9 Å². The second-order valence-electron chi connectivity index (χ2n) is 6.95. The van der Waals surface area contributed by atoms with E-state index in [4.69, 9.17) is 4.74 Å². The third kappa shape index (κ3) is 3.48. The fraction of sp³-hybridized carbons (Fsp3) is 0.381. The van der Waals surface area contributed by atoms with Gasteiger partial charge in [-0.05, 0) is 67.1 Å². The Morgan fingerprint density at radius 1 is 1.04 bits per heavy atom. The van der Waals surface area contributed by atoms with Crippen molar-refractivity contribution in [2.75, 3.05) is 30.4 Å². The molecule has 4 heteroatoms. The van der Waals surface area contributed by atoms with Crippen molar-refractivity contribution in [3.8, 4) is 5.75 Å². The summed E-state index contributed by atoms with van der Waals surface area (Å²) in [5.74, 6) is 1.37. The number of hydrogen-bond acceptors (Lipinski definition) is 3. The number of methoxy groups -OCH3 is 1. The van der Waals surface area contributed by atoms with Crippen LogP contribution >= 0.6 is 0 Å². The van der Waals surface area contributed by atoms with Gasteiger partial charge >= 0.3 is 0 Å². The molecule has 0 radical (unpaired) electrons. The third-order valence-electron chi connectivity index (χ3n) is 5.28. The van der Waals surface area contributed by atoms with Crippen LogP contribution in [0.4, 0.5) is 11.4 Å². The lowest BCUT2D eigenvalue weighted by Crippen LogP contribution is -2.18. The van der Waals surface area contributed by atoms with Crippen molar-refractivity contribution in [1.82, 2.24) is 0 Å². The van der Waals surface area contributed by atoms with Crippen molar-refractivity contribution in [1.29, 1.82) is 0 Å². The molecule has 2 fully saturated rings. The van der Waals surface area contributed by atoms with Gasteiger partial charge in [0.25, 0.3) is 0 Å². The first kappa shape index (κ1) is 16.0. The molecular weight excluding hydrogens is 312 g/mol. The molecule has 0 bridgehead atoms. The molecule has 1 saturated heterocycles. The molecule has 1 N–H and O–H groups in total. The van der Waals surface area contributed by atoms with E-state index in [1.54, 1.807) is 7.11 Å². The van der Waals surface area contributed by atoms with Crippen molar-refractivity contribution in [2.45, 2.75) is 25.2 Å². The van der Waals surface area contributed by atoms with Crippen LogP contribution in [0.15, 0.2) is 48.5 Å². The van der Waals surface area contributed by atoms with E-state index >= 15 is 0 Å². The maximum atomic E-state index is 12.5. The number of anilines is 2. The van der Waals surface area contributed by atoms with Gasteiger partial charge in [0.05, 0.1) is 7.11 Å². The number of benzene rings is 2. The molecule has 1 saturated carbocycles. The predicted molar refractivity (Wildman–Crippen MR) is 100 cm³/mol. The maximum Gasteiger partial charge on any atom is 0.228 e. The lowest BCUT2D eigenvalue weighted by atomic mass is 10.1. The summed E-state index contributed by atoms with van der Waals surface area (Å²) in [6.45, 7) is 2.27.